The van der Waals surface area contributed by atoms with Crippen molar-refractivity contribution in [2.75, 3.05) is 23.9 Å². The van der Waals surface area contributed by atoms with Crippen molar-refractivity contribution in [3.05, 3.63) is 95.1 Å². The number of fused-ring (bicyclic) bond motifs is 1. The van der Waals surface area contributed by atoms with Crippen LogP contribution in [0, 0.1) is 6.92 Å². The number of amides is 1. The van der Waals surface area contributed by atoms with Crippen molar-refractivity contribution < 1.29 is 14.7 Å². The normalized spacial score (nSPS) is 17.5. The number of thiazole rings is 1. The summed E-state index contributed by atoms with van der Waals surface area (Å²) >= 11 is 1.36. The van der Waals surface area contributed by atoms with E-state index in [1.165, 1.54) is 16.2 Å². The number of nitrogens with zero attached hydrogens (tertiary/aromatic N) is 3. The van der Waals surface area contributed by atoms with Gasteiger partial charge in [0.05, 0.1) is 21.8 Å². The predicted octanol–water partition coefficient (Wildman–Crippen LogP) is 5.30. The molecule has 1 unspecified atom stereocenters. The predicted molar refractivity (Wildman–Crippen MR) is 136 cm³/mol. The van der Waals surface area contributed by atoms with E-state index in [-0.39, 0.29) is 11.3 Å². The van der Waals surface area contributed by atoms with E-state index >= 15 is 0 Å². The second-order valence-corrected chi connectivity index (χ2v) is 9.50. The van der Waals surface area contributed by atoms with Crippen LogP contribution in [0.2, 0.25) is 0 Å². The molecule has 0 spiro atoms. The Morgan fingerprint density at radius 2 is 1.71 bits per heavy atom. The highest BCUT2D eigenvalue weighted by atomic mass is 32.1. The Balaban J connectivity index is 1.72. The Labute approximate surface area is 201 Å². The van der Waals surface area contributed by atoms with Crippen molar-refractivity contribution >= 4 is 49.8 Å². The van der Waals surface area contributed by atoms with Gasteiger partial charge in [-0.1, -0.05) is 59.9 Å². The number of aliphatic hydroxyl groups excluding tert-OH is 1. The highest BCUT2D eigenvalue weighted by molar-refractivity contribution is 7.22. The molecule has 1 N–H and O–H groups in total. The van der Waals surface area contributed by atoms with Gasteiger partial charge in [0.1, 0.15) is 5.76 Å². The average molecular weight is 470 g/mol. The summed E-state index contributed by atoms with van der Waals surface area (Å²) in [6.45, 7) is 2.00. The third-order valence-electron chi connectivity index (χ3n) is 5.96. The van der Waals surface area contributed by atoms with Crippen LogP contribution >= 0.6 is 11.3 Å². The number of ketones is 1. The van der Waals surface area contributed by atoms with Gasteiger partial charge in [0, 0.05) is 25.3 Å². The largest absolute Gasteiger partial charge is 0.507 e. The number of aliphatic hydroxyl groups is 1. The third kappa shape index (κ3) is 3.64. The van der Waals surface area contributed by atoms with Crippen molar-refractivity contribution in [3.8, 4) is 0 Å². The maximum absolute atomic E-state index is 13.3. The van der Waals surface area contributed by atoms with Crippen LogP contribution in [0.15, 0.2) is 78.4 Å². The molecular weight excluding hydrogens is 446 g/mol. The number of aromatic nitrogens is 1. The first-order valence-corrected chi connectivity index (χ1v) is 11.7. The molecule has 1 aromatic heterocycles. The van der Waals surface area contributed by atoms with Crippen LogP contribution < -0.4 is 9.80 Å². The molecule has 1 aliphatic rings. The second kappa shape index (κ2) is 8.43. The lowest BCUT2D eigenvalue weighted by molar-refractivity contribution is -0.132. The minimum Gasteiger partial charge on any atom is -0.507 e. The smallest absolute Gasteiger partial charge is 0.301 e. The molecule has 7 heteroatoms. The van der Waals surface area contributed by atoms with E-state index in [1.54, 1.807) is 24.3 Å². The molecule has 170 valence electrons. The van der Waals surface area contributed by atoms with Gasteiger partial charge in [-0.2, -0.15) is 0 Å². The zero-order valence-electron chi connectivity index (χ0n) is 19.0. The number of carbonyl (C=O) groups excluding carboxylic acids is 2. The third-order valence-corrected chi connectivity index (χ3v) is 6.97. The zero-order chi connectivity index (χ0) is 24.0. The van der Waals surface area contributed by atoms with Gasteiger partial charge in [-0.05, 0) is 42.3 Å². The van der Waals surface area contributed by atoms with E-state index in [1.807, 2.05) is 74.4 Å². The molecule has 4 aromatic rings. The quantitative estimate of drug-likeness (QED) is 0.250. The van der Waals surface area contributed by atoms with Crippen LogP contribution in [0.4, 0.5) is 10.8 Å². The van der Waals surface area contributed by atoms with Gasteiger partial charge in [0.25, 0.3) is 5.78 Å². The molecule has 2 heterocycles. The molecular formula is C27H23N3O3S. The van der Waals surface area contributed by atoms with E-state index in [2.05, 4.69) is 4.98 Å². The summed E-state index contributed by atoms with van der Waals surface area (Å²) in [5.41, 5.74) is 4.10. The molecule has 3 aromatic carbocycles. The molecule has 1 atom stereocenters. The second-order valence-electron chi connectivity index (χ2n) is 8.49. The molecule has 5 rings (SSSR count). The van der Waals surface area contributed by atoms with Gasteiger partial charge in [-0.15, -0.1) is 0 Å². The number of aryl methyl sites for hydroxylation is 1. The lowest BCUT2D eigenvalue weighted by atomic mass is 9.95. The fourth-order valence-electron chi connectivity index (χ4n) is 4.17. The summed E-state index contributed by atoms with van der Waals surface area (Å²) in [4.78, 5) is 34.7. The van der Waals surface area contributed by atoms with Gasteiger partial charge in [-0.25, -0.2) is 4.98 Å². The first-order chi connectivity index (χ1) is 16.3. The minimum absolute atomic E-state index is 0.0595. The monoisotopic (exact) mass is 469 g/mol. The van der Waals surface area contributed by atoms with Gasteiger partial charge in [-0.3, -0.25) is 14.5 Å². The molecule has 0 bridgehead atoms. The first-order valence-electron chi connectivity index (χ1n) is 10.9. The fraction of sp³-hybridized carbons (Fsp3) is 0.148. The molecule has 1 amide bonds. The fourth-order valence-corrected chi connectivity index (χ4v) is 5.26. The zero-order valence-corrected chi connectivity index (χ0v) is 19.8. The first kappa shape index (κ1) is 21.9. The van der Waals surface area contributed by atoms with E-state index in [4.69, 9.17) is 0 Å². The standard InChI is InChI=1S/C27H23N3O3S/c1-16-9-14-20-21(15-16)34-27(28-20)30-23(17-10-12-19(13-11-17)29(2)3)22(25(32)26(30)33)24(31)18-7-5-4-6-8-18/h4-15,23,31H,1-3H3. The number of hydrogen-bond donors (Lipinski definition) is 1. The van der Waals surface area contributed by atoms with E-state index < -0.39 is 17.7 Å². The van der Waals surface area contributed by atoms with E-state index in [0.29, 0.717) is 10.7 Å². The van der Waals surface area contributed by atoms with Crippen molar-refractivity contribution in [1.29, 1.82) is 0 Å². The molecule has 1 fully saturated rings. The number of benzene rings is 3. The highest BCUT2D eigenvalue weighted by Crippen LogP contribution is 2.44. The van der Waals surface area contributed by atoms with E-state index in [9.17, 15) is 14.7 Å². The Morgan fingerprint density at radius 1 is 1.00 bits per heavy atom. The van der Waals surface area contributed by atoms with Crippen molar-refractivity contribution in [2.45, 2.75) is 13.0 Å². The number of Topliss-reactive ketones (excluding diaryl/α,β-unsaturated/α-hetero) is 1. The molecule has 0 aliphatic carbocycles. The van der Waals surface area contributed by atoms with Crippen molar-refractivity contribution in [1.82, 2.24) is 4.98 Å². The number of carbonyl (C=O) groups is 2. The Kier molecular flexibility index (Phi) is 5.42. The summed E-state index contributed by atoms with van der Waals surface area (Å²) in [5, 5.41) is 11.6. The highest BCUT2D eigenvalue weighted by Gasteiger charge is 2.48. The average Bonchev–Trinajstić information content (AvgIpc) is 3.37. The van der Waals surface area contributed by atoms with Crippen LogP contribution in [-0.4, -0.2) is 35.9 Å². The lowest BCUT2D eigenvalue weighted by Crippen LogP contribution is -2.29. The maximum Gasteiger partial charge on any atom is 0.301 e. The number of hydrogen-bond acceptors (Lipinski definition) is 6. The van der Waals surface area contributed by atoms with Crippen LogP contribution in [0.25, 0.3) is 16.0 Å². The summed E-state index contributed by atoms with van der Waals surface area (Å²) < 4.78 is 0.932. The lowest BCUT2D eigenvalue weighted by Gasteiger charge is -2.23. The molecule has 0 radical (unpaired) electrons. The number of anilines is 2. The van der Waals surface area contributed by atoms with Gasteiger partial charge in [0.2, 0.25) is 0 Å². The molecule has 6 nitrogen and oxygen atoms in total. The maximum atomic E-state index is 13.3. The van der Waals surface area contributed by atoms with E-state index in [0.717, 1.165) is 27.0 Å². The molecule has 1 saturated heterocycles. The summed E-state index contributed by atoms with van der Waals surface area (Å²) in [6.07, 6.45) is 0. The molecule has 0 saturated carbocycles. The van der Waals surface area contributed by atoms with Crippen molar-refractivity contribution in [3.63, 3.8) is 0 Å². The van der Waals surface area contributed by atoms with Crippen LogP contribution in [-0.2, 0) is 9.59 Å². The Morgan fingerprint density at radius 3 is 2.38 bits per heavy atom. The Bertz CT molecular complexity index is 1440. The molecule has 34 heavy (non-hydrogen) atoms. The Hall–Kier alpha value is -3.97. The van der Waals surface area contributed by atoms with Crippen LogP contribution in [0.5, 0.6) is 0 Å². The van der Waals surface area contributed by atoms with Gasteiger partial charge in [0.15, 0.2) is 5.13 Å². The number of rotatable bonds is 4. The van der Waals surface area contributed by atoms with Crippen LogP contribution in [0.3, 0.4) is 0 Å². The van der Waals surface area contributed by atoms with Gasteiger partial charge >= 0.3 is 5.91 Å². The SMILES string of the molecule is Cc1ccc2nc(N3C(=O)C(=O)C(=C(O)c4ccccc4)C3c3ccc(N(C)C)cc3)sc2c1. The van der Waals surface area contributed by atoms with Crippen LogP contribution in [0.1, 0.15) is 22.7 Å². The summed E-state index contributed by atoms with van der Waals surface area (Å²) in [7, 11) is 3.89. The topological polar surface area (TPSA) is 73.7 Å². The van der Waals surface area contributed by atoms with Crippen molar-refractivity contribution in [2.24, 2.45) is 0 Å². The molecule has 1 aliphatic heterocycles. The van der Waals surface area contributed by atoms with Gasteiger partial charge < -0.3 is 10.0 Å². The summed E-state index contributed by atoms with van der Waals surface area (Å²) in [6, 6.07) is 21.5. The summed E-state index contributed by atoms with van der Waals surface area (Å²) in [5.74, 6) is -1.62. The minimum atomic E-state index is -0.793.